The average Bonchev–Trinajstić information content (AvgIpc) is 2.78. The van der Waals surface area contributed by atoms with E-state index in [4.69, 9.17) is 4.74 Å². The van der Waals surface area contributed by atoms with Crippen LogP contribution in [0.4, 0.5) is 0 Å². The zero-order chi connectivity index (χ0) is 14.9. The Morgan fingerprint density at radius 2 is 1.80 bits per heavy atom. The first-order valence-corrected chi connectivity index (χ1v) is 6.24. The van der Waals surface area contributed by atoms with E-state index in [9.17, 15) is 9.59 Å². The van der Waals surface area contributed by atoms with Gasteiger partial charge in [0.25, 0.3) is 0 Å². The fourth-order valence-electron chi connectivity index (χ4n) is 1.82. The smallest absolute Gasteiger partial charge is 0.355 e. The molecule has 2 aromatic rings. The number of H-pyrrole nitrogens is 1. The normalized spacial score (nSPS) is 11.4. The minimum atomic E-state index is -0.550. The van der Waals surface area contributed by atoms with Gasteiger partial charge in [0.05, 0.1) is 12.7 Å². The number of hydrogen-bond donors (Lipinski definition) is 1. The van der Waals surface area contributed by atoms with Crippen LogP contribution in [0.2, 0.25) is 0 Å². The van der Waals surface area contributed by atoms with E-state index in [-0.39, 0.29) is 0 Å². The van der Waals surface area contributed by atoms with Gasteiger partial charge in [-0.1, -0.05) is 0 Å². The summed E-state index contributed by atoms with van der Waals surface area (Å²) in [6, 6.07) is 6.71. The third kappa shape index (κ3) is 2.99. The molecule has 0 aliphatic carbocycles. The molecule has 0 saturated heterocycles. The van der Waals surface area contributed by atoms with Crippen LogP contribution in [-0.4, -0.2) is 29.6 Å². The number of carbonyl (C=O) groups is 2. The first-order valence-electron chi connectivity index (χ1n) is 6.24. The summed E-state index contributed by atoms with van der Waals surface area (Å²) in [7, 11) is 1.33. The molecule has 20 heavy (non-hydrogen) atoms. The summed E-state index contributed by atoms with van der Waals surface area (Å²) in [4.78, 5) is 26.4. The van der Waals surface area contributed by atoms with Crippen molar-refractivity contribution in [3.8, 4) is 0 Å². The minimum Gasteiger partial charge on any atom is -0.465 e. The lowest BCUT2D eigenvalue weighted by Crippen LogP contribution is -2.24. The summed E-state index contributed by atoms with van der Waals surface area (Å²) in [5.41, 5.74) is 1.01. The summed E-state index contributed by atoms with van der Waals surface area (Å²) < 4.78 is 9.95. The highest BCUT2D eigenvalue weighted by molar-refractivity contribution is 5.98. The Kier molecular flexibility index (Phi) is 3.53. The second kappa shape index (κ2) is 5.00. The zero-order valence-electron chi connectivity index (χ0n) is 11.9. The van der Waals surface area contributed by atoms with E-state index in [1.807, 2.05) is 20.8 Å². The van der Waals surface area contributed by atoms with Gasteiger partial charge in [-0.15, -0.1) is 0 Å². The van der Waals surface area contributed by atoms with Crippen molar-refractivity contribution in [2.45, 2.75) is 26.4 Å². The Morgan fingerprint density at radius 3 is 2.40 bits per heavy atom. The number of fused-ring (bicyclic) bond motifs is 1. The standard InChI is InChI=1S/C15H17NO4/c1-15(2,3)20-14(18)12-8-10-7-9(13(17)19-4)5-6-11(10)16-12/h5-8,16H,1-4H3. The Labute approximate surface area is 116 Å². The number of esters is 2. The van der Waals surface area contributed by atoms with Crippen molar-refractivity contribution < 1.29 is 19.1 Å². The summed E-state index contributed by atoms with van der Waals surface area (Å²) in [5, 5.41) is 0.758. The van der Waals surface area contributed by atoms with Gasteiger partial charge in [-0.3, -0.25) is 0 Å². The van der Waals surface area contributed by atoms with E-state index < -0.39 is 17.5 Å². The van der Waals surface area contributed by atoms with E-state index in [0.717, 1.165) is 10.9 Å². The molecular weight excluding hydrogens is 258 g/mol. The second-order valence-corrected chi connectivity index (χ2v) is 5.48. The van der Waals surface area contributed by atoms with Crippen LogP contribution in [0.3, 0.4) is 0 Å². The van der Waals surface area contributed by atoms with Gasteiger partial charge in [-0.2, -0.15) is 0 Å². The SMILES string of the molecule is COC(=O)c1ccc2[nH]c(C(=O)OC(C)(C)C)cc2c1. The first kappa shape index (κ1) is 14.1. The van der Waals surface area contributed by atoms with Crippen LogP contribution in [-0.2, 0) is 9.47 Å². The number of methoxy groups -OCH3 is 1. The molecule has 0 aliphatic heterocycles. The molecule has 0 atom stereocenters. The molecule has 1 N–H and O–H groups in total. The second-order valence-electron chi connectivity index (χ2n) is 5.48. The lowest BCUT2D eigenvalue weighted by Gasteiger charge is -2.18. The number of nitrogens with one attached hydrogen (secondary N) is 1. The molecule has 0 bridgehead atoms. The molecule has 0 spiro atoms. The summed E-state index contributed by atoms with van der Waals surface area (Å²) >= 11 is 0. The molecule has 0 radical (unpaired) electrons. The van der Waals surface area contributed by atoms with Crippen LogP contribution < -0.4 is 0 Å². The highest BCUT2D eigenvalue weighted by atomic mass is 16.6. The van der Waals surface area contributed by atoms with Crippen molar-refractivity contribution in [2.75, 3.05) is 7.11 Å². The van der Waals surface area contributed by atoms with Crippen molar-refractivity contribution in [3.05, 3.63) is 35.5 Å². The predicted octanol–water partition coefficient (Wildman–Crippen LogP) is 2.91. The quantitative estimate of drug-likeness (QED) is 0.856. The van der Waals surface area contributed by atoms with Crippen molar-refractivity contribution in [3.63, 3.8) is 0 Å². The fourth-order valence-corrected chi connectivity index (χ4v) is 1.82. The number of rotatable bonds is 2. The van der Waals surface area contributed by atoms with Crippen LogP contribution in [0.1, 0.15) is 41.6 Å². The van der Waals surface area contributed by atoms with Gasteiger partial charge in [0, 0.05) is 10.9 Å². The Balaban J connectivity index is 2.34. The molecule has 0 unspecified atom stereocenters. The maximum Gasteiger partial charge on any atom is 0.355 e. The van der Waals surface area contributed by atoms with Crippen molar-refractivity contribution in [1.82, 2.24) is 4.98 Å². The van der Waals surface area contributed by atoms with Gasteiger partial charge in [0.2, 0.25) is 0 Å². The summed E-state index contributed by atoms with van der Waals surface area (Å²) in [6.45, 7) is 5.43. The molecule has 106 valence electrons. The lowest BCUT2D eigenvalue weighted by atomic mass is 10.1. The largest absolute Gasteiger partial charge is 0.465 e. The highest BCUT2D eigenvalue weighted by Gasteiger charge is 2.19. The molecule has 5 heteroatoms. The van der Waals surface area contributed by atoms with Gasteiger partial charge in [-0.05, 0) is 45.0 Å². The number of ether oxygens (including phenoxy) is 2. The molecular formula is C15H17NO4. The molecule has 1 aromatic heterocycles. The van der Waals surface area contributed by atoms with Crippen LogP contribution in [0.5, 0.6) is 0 Å². The van der Waals surface area contributed by atoms with Gasteiger partial charge in [0.15, 0.2) is 0 Å². The van der Waals surface area contributed by atoms with E-state index in [1.165, 1.54) is 7.11 Å². The molecule has 1 aromatic carbocycles. The fraction of sp³-hybridized carbons (Fsp3) is 0.333. The topological polar surface area (TPSA) is 68.4 Å². The van der Waals surface area contributed by atoms with Crippen LogP contribution in [0, 0.1) is 0 Å². The molecule has 1 heterocycles. The van der Waals surface area contributed by atoms with E-state index in [0.29, 0.717) is 11.3 Å². The molecule has 0 fully saturated rings. The number of carbonyl (C=O) groups excluding carboxylic acids is 2. The highest BCUT2D eigenvalue weighted by Crippen LogP contribution is 2.20. The van der Waals surface area contributed by atoms with Gasteiger partial charge < -0.3 is 14.5 Å². The van der Waals surface area contributed by atoms with Gasteiger partial charge in [0.1, 0.15) is 11.3 Å². The number of hydrogen-bond acceptors (Lipinski definition) is 4. The number of benzene rings is 1. The van der Waals surface area contributed by atoms with E-state index >= 15 is 0 Å². The van der Waals surface area contributed by atoms with Crippen molar-refractivity contribution in [1.29, 1.82) is 0 Å². The monoisotopic (exact) mass is 275 g/mol. The predicted molar refractivity (Wildman–Crippen MR) is 74.8 cm³/mol. The van der Waals surface area contributed by atoms with Gasteiger partial charge >= 0.3 is 11.9 Å². The number of aromatic amines is 1. The van der Waals surface area contributed by atoms with E-state index in [1.54, 1.807) is 24.3 Å². The van der Waals surface area contributed by atoms with Crippen molar-refractivity contribution >= 4 is 22.8 Å². The van der Waals surface area contributed by atoms with Gasteiger partial charge in [-0.25, -0.2) is 9.59 Å². The van der Waals surface area contributed by atoms with Crippen LogP contribution >= 0.6 is 0 Å². The molecule has 5 nitrogen and oxygen atoms in total. The van der Waals surface area contributed by atoms with Crippen molar-refractivity contribution in [2.24, 2.45) is 0 Å². The summed E-state index contributed by atoms with van der Waals surface area (Å²) in [5.74, 6) is -0.833. The minimum absolute atomic E-state index is 0.358. The van der Waals surface area contributed by atoms with Crippen LogP contribution in [0.15, 0.2) is 24.3 Å². The molecule has 0 saturated carbocycles. The Hall–Kier alpha value is -2.30. The average molecular weight is 275 g/mol. The lowest BCUT2D eigenvalue weighted by molar-refractivity contribution is 0.00637. The first-order chi connectivity index (χ1) is 9.30. The Morgan fingerprint density at radius 1 is 1.10 bits per heavy atom. The van der Waals surface area contributed by atoms with Crippen LogP contribution in [0.25, 0.3) is 10.9 Å². The zero-order valence-corrected chi connectivity index (χ0v) is 11.9. The molecule has 2 rings (SSSR count). The maximum atomic E-state index is 12.0. The summed E-state index contributed by atoms with van der Waals surface area (Å²) in [6.07, 6.45) is 0. The Bertz CT molecular complexity index is 664. The third-order valence-electron chi connectivity index (χ3n) is 2.66. The molecule has 0 aliphatic rings. The molecule has 0 amide bonds. The van der Waals surface area contributed by atoms with E-state index in [2.05, 4.69) is 9.72 Å². The maximum absolute atomic E-state index is 12.0. The third-order valence-corrected chi connectivity index (χ3v) is 2.66. The number of aromatic nitrogens is 1.